The van der Waals surface area contributed by atoms with Gasteiger partial charge in [0.25, 0.3) is 11.6 Å². The molecule has 2 aromatic carbocycles. The number of ether oxygens (including phenoxy) is 2. The highest BCUT2D eigenvalue weighted by Crippen LogP contribution is 2.31. The van der Waals surface area contributed by atoms with Crippen LogP contribution in [0.5, 0.6) is 0 Å². The minimum absolute atomic E-state index is 0.116. The van der Waals surface area contributed by atoms with Crippen molar-refractivity contribution in [3.05, 3.63) is 69.8 Å². The molecule has 0 N–H and O–H groups in total. The molecule has 2 aromatic rings. The molecular formula is C25H29N3O6. The highest BCUT2D eigenvalue weighted by atomic mass is 16.6. The fourth-order valence-corrected chi connectivity index (χ4v) is 4.51. The van der Waals surface area contributed by atoms with E-state index in [2.05, 4.69) is 17.0 Å². The van der Waals surface area contributed by atoms with Crippen LogP contribution in [0.3, 0.4) is 0 Å². The van der Waals surface area contributed by atoms with Gasteiger partial charge in [-0.2, -0.15) is 0 Å². The summed E-state index contributed by atoms with van der Waals surface area (Å²) in [5.41, 5.74) is 1.85. The zero-order chi connectivity index (χ0) is 23.9. The van der Waals surface area contributed by atoms with E-state index in [9.17, 15) is 19.7 Å². The van der Waals surface area contributed by atoms with Crippen molar-refractivity contribution in [3.63, 3.8) is 0 Å². The van der Waals surface area contributed by atoms with Crippen molar-refractivity contribution in [2.24, 2.45) is 5.92 Å². The van der Waals surface area contributed by atoms with E-state index < -0.39 is 17.5 Å². The number of esters is 1. The van der Waals surface area contributed by atoms with Crippen LogP contribution in [0.2, 0.25) is 0 Å². The van der Waals surface area contributed by atoms with Gasteiger partial charge in [0.1, 0.15) is 0 Å². The van der Waals surface area contributed by atoms with E-state index >= 15 is 0 Å². The molecule has 9 heteroatoms. The third kappa shape index (κ3) is 5.91. The van der Waals surface area contributed by atoms with Crippen LogP contribution in [-0.4, -0.2) is 67.7 Å². The van der Waals surface area contributed by atoms with Gasteiger partial charge in [0, 0.05) is 38.3 Å². The predicted octanol–water partition coefficient (Wildman–Crippen LogP) is 3.07. The average molecular weight is 468 g/mol. The number of hydrogen-bond acceptors (Lipinski definition) is 7. The number of amides is 1. The number of nitrogens with zero attached hydrogens (tertiary/aromatic N) is 3. The third-order valence-corrected chi connectivity index (χ3v) is 6.42. The Hall–Kier alpha value is -3.46. The number of nitro groups is 1. The van der Waals surface area contributed by atoms with Gasteiger partial charge < -0.3 is 19.3 Å². The summed E-state index contributed by atoms with van der Waals surface area (Å²) in [4.78, 5) is 39.7. The number of benzene rings is 2. The monoisotopic (exact) mass is 467 g/mol. The highest BCUT2D eigenvalue weighted by molar-refractivity contribution is 5.97. The number of carbonyl (C=O) groups excluding carboxylic acids is 2. The molecule has 0 bridgehead atoms. The normalized spacial score (nSPS) is 16.8. The summed E-state index contributed by atoms with van der Waals surface area (Å²) < 4.78 is 10.5. The topological polar surface area (TPSA) is 102 Å². The number of carbonyl (C=O) groups is 2. The second kappa shape index (κ2) is 11.1. The van der Waals surface area contributed by atoms with Crippen molar-refractivity contribution in [3.8, 4) is 0 Å². The Morgan fingerprint density at radius 1 is 1.03 bits per heavy atom. The Kier molecular flexibility index (Phi) is 7.74. The highest BCUT2D eigenvalue weighted by Gasteiger charge is 2.27. The minimum Gasteiger partial charge on any atom is -0.452 e. The smallest absolute Gasteiger partial charge is 0.341 e. The van der Waals surface area contributed by atoms with Crippen LogP contribution in [0.15, 0.2) is 48.5 Å². The van der Waals surface area contributed by atoms with Crippen molar-refractivity contribution >= 4 is 23.3 Å². The maximum Gasteiger partial charge on any atom is 0.341 e. The van der Waals surface area contributed by atoms with E-state index in [0.29, 0.717) is 37.9 Å². The largest absolute Gasteiger partial charge is 0.452 e. The number of anilines is 1. The van der Waals surface area contributed by atoms with Crippen molar-refractivity contribution in [1.29, 1.82) is 0 Å². The van der Waals surface area contributed by atoms with Gasteiger partial charge in [-0.25, -0.2) is 4.79 Å². The van der Waals surface area contributed by atoms with Crippen molar-refractivity contribution < 1.29 is 24.0 Å². The van der Waals surface area contributed by atoms with Gasteiger partial charge in [-0.1, -0.05) is 30.3 Å². The van der Waals surface area contributed by atoms with E-state index in [1.165, 1.54) is 17.7 Å². The van der Waals surface area contributed by atoms with E-state index in [1.54, 1.807) is 11.0 Å². The summed E-state index contributed by atoms with van der Waals surface area (Å²) in [7, 11) is 0. The summed E-state index contributed by atoms with van der Waals surface area (Å²) in [6.45, 7) is 2.89. The molecule has 180 valence electrons. The first-order valence-corrected chi connectivity index (χ1v) is 11.6. The van der Waals surface area contributed by atoms with Gasteiger partial charge in [0.15, 0.2) is 6.61 Å². The molecule has 9 nitrogen and oxygen atoms in total. The molecule has 2 aliphatic rings. The molecule has 2 aliphatic heterocycles. The van der Waals surface area contributed by atoms with Crippen LogP contribution in [-0.2, 0) is 20.7 Å². The van der Waals surface area contributed by atoms with Crippen molar-refractivity contribution in [2.75, 3.05) is 50.9 Å². The number of hydrogen-bond donors (Lipinski definition) is 0. The lowest BCUT2D eigenvalue weighted by Gasteiger charge is -2.34. The van der Waals surface area contributed by atoms with Gasteiger partial charge in [-0.3, -0.25) is 14.9 Å². The molecule has 0 unspecified atom stereocenters. The van der Waals surface area contributed by atoms with Crippen LogP contribution >= 0.6 is 0 Å². The molecule has 0 aromatic heterocycles. The maximum atomic E-state index is 12.9. The SMILES string of the molecule is O=C(OCC(=O)N1CCOCC1)c1cc([N+](=O)[O-])ccc1N1CCC(Cc2ccccc2)CC1. The fraction of sp³-hybridized carbons (Fsp3) is 0.440. The Balaban J connectivity index is 1.42. The van der Waals surface area contributed by atoms with Crippen molar-refractivity contribution in [2.45, 2.75) is 19.3 Å². The second-order valence-electron chi connectivity index (χ2n) is 8.65. The first-order chi connectivity index (χ1) is 16.5. The number of piperidine rings is 1. The summed E-state index contributed by atoms with van der Waals surface area (Å²) >= 11 is 0. The van der Waals surface area contributed by atoms with Gasteiger partial charge in [-0.05, 0) is 36.8 Å². The quantitative estimate of drug-likeness (QED) is 0.350. The van der Waals surface area contributed by atoms with Crippen LogP contribution in [0, 0.1) is 16.0 Å². The van der Waals surface area contributed by atoms with Gasteiger partial charge in [0.05, 0.1) is 29.4 Å². The molecule has 0 saturated carbocycles. The number of rotatable bonds is 7. The molecule has 0 aliphatic carbocycles. The first-order valence-electron chi connectivity index (χ1n) is 11.6. The predicted molar refractivity (Wildman–Crippen MR) is 126 cm³/mol. The van der Waals surface area contributed by atoms with Gasteiger partial charge >= 0.3 is 5.97 Å². The van der Waals surface area contributed by atoms with Crippen LogP contribution in [0.4, 0.5) is 11.4 Å². The van der Waals surface area contributed by atoms with Crippen LogP contribution < -0.4 is 4.90 Å². The second-order valence-corrected chi connectivity index (χ2v) is 8.65. The lowest BCUT2D eigenvalue weighted by atomic mass is 9.90. The standard InChI is InChI=1S/C25H29N3O6/c29-24(27-12-14-33-15-13-27)18-34-25(30)22-17-21(28(31)32)6-7-23(22)26-10-8-20(9-11-26)16-19-4-2-1-3-5-19/h1-7,17,20H,8-16,18H2. The molecule has 2 saturated heterocycles. The maximum absolute atomic E-state index is 12.9. The van der Waals surface area contributed by atoms with Gasteiger partial charge in [-0.15, -0.1) is 0 Å². The van der Waals surface area contributed by atoms with Crippen LogP contribution in [0.25, 0.3) is 0 Å². The summed E-state index contributed by atoms with van der Waals surface area (Å²) in [6, 6.07) is 14.6. The molecule has 34 heavy (non-hydrogen) atoms. The number of morpholine rings is 1. The van der Waals surface area contributed by atoms with Crippen LogP contribution in [0.1, 0.15) is 28.8 Å². The van der Waals surface area contributed by atoms with Gasteiger partial charge in [0.2, 0.25) is 0 Å². The van der Waals surface area contributed by atoms with E-state index in [0.717, 1.165) is 32.4 Å². The molecule has 1 amide bonds. The van der Waals surface area contributed by atoms with E-state index in [-0.39, 0.29) is 17.2 Å². The lowest BCUT2D eigenvalue weighted by Crippen LogP contribution is -2.42. The summed E-state index contributed by atoms with van der Waals surface area (Å²) in [6.07, 6.45) is 2.92. The Bertz CT molecular complexity index is 1010. The third-order valence-electron chi connectivity index (χ3n) is 6.42. The molecule has 2 heterocycles. The zero-order valence-electron chi connectivity index (χ0n) is 19.1. The molecule has 0 radical (unpaired) electrons. The Morgan fingerprint density at radius 2 is 1.74 bits per heavy atom. The molecule has 4 rings (SSSR count). The molecule has 2 fully saturated rings. The Labute approximate surface area is 198 Å². The first kappa shape index (κ1) is 23.7. The molecule has 0 atom stereocenters. The summed E-state index contributed by atoms with van der Waals surface area (Å²) in [5, 5.41) is 11.3. The summed E-state index contributed by atoms with van der Waals surface area (Å²) in [5.74, 6) is -0.490. The molecular weight excluding hydrogens is 438 g/mol. The van der Waals surface area contributed by atoms with E-state index in [1.807, 2.05) is 18.2 Å². The zero-order valence-corrected chi connectivity index (χ0v) is 19.1. The molecule has 0 spiro atoms. The lowest BCUT2D eigenvalue weighted by molar-refractivity contribution is -0.384. The minimum atomic E-state index is -0.730. The van der Waals surface area contributed by atoms with E-state index in [4.69, 9.17) is 9.47 Å². The average Bonchev–Trinajstić information content (AvgIpc) is 2.88. The Morgan fingerprint density at radius 3 is 2.41 bits per heavy atom. The fourth-order valence-electron chi connectivity index (χ4n) is 4.51. The van der Waals surface area contributed by atoms with Crippen molar-refractivity contribution in [1.82, 2.24) is 4.90 Å². The number of nitro benzene ring substituents is 1. The number of non-ortho nitro benzene ring substituents is 1.